The first kappa shape index (κ1) is 14.9. The summed E-state index contributed by atoms with van der Waals surface area (Å²) >= 11 is 1.73. The van der Waals surface area contributed by atoms with Crippen LogP contribution in [0.2, 0.25) is 0 Å². The van der Waals surface area contributed by atoms with Gasteiger partial charge in [0, 0.05) is 17.5 Å². The normalized spacial score (nSPS) is 19.7. The van der Waals surface area contributed by atoms with Gasteiger partial charge in [-0.2, -0.15) is 0 Å². The molecular formula is C16H24N2O2S. The van der Waals surface area contributed by atoms with Gasteiger partial charge in [0.15, 0.2) is 0 Å². The second-order valence-electron chi connectivity index (χ2n) is 5.96. The van der Waals surface area contributed by atoms with Crippen LogP contribution in [0.1, 0.15) is 59.3 Å². The van der Waals surface area contributed by atoms with Gasteiger partial charge in [-0.25, -0.2) is 4.79 Å². The van der Waals surface area contributed by atoms with E-state index in [1.165, 1.54) is 56.1 Å². The predicted octanol–water partition coefficient (Wildman–Crippen LogP) is 3.32. The predicted molar refractivity (Wildman–Crippen MR) is 86.2 cm³/mol. The molecule has 5 heteroatoms. The summed E-state index contributed by atoms with van der Waals surface area (Å²) in [6.45, 7) is 1.81. The number of fused-ring (bicyclic) bond motifs is 1. The SMILES string of the molecule is COC(=O)c1c(NC2CCCCCC2)sc2c1CCNC2. The molecule has 1 saturated carbocycles. The van der Waals surface area contributed by atoms with Crippen molar-refractivity contribution in [1.29, 1.82) is 0 Å². The van der Waals surface area contributed by atoms with Crippen LogP contribution >= 0.6 is 11.3 Å². The van der Waals surface area contributed by atoms with Gasteiger partial charge < -0.3 is 15.4 Å². The Morgan fingerprint density at radius 2 is 2.05 bits per heavy atom. The van der Waals surface area contributed by atoms with Gasteiger partial charge >= 0.3 is 5.97 Å². The highest BCUT2D eigenvalue weighted by molar-refractivity contribution is 7.16. The minimum atomic E-state index is -0.189. The van der Waals surface area contributed by atoms with Gasteiger partial charge in [0.1, 0.15) is 5.00 Å². The van der Waals surface area contributed by atoms with Crippen molar-refractivity contribution in [2.45, 2.75) is 57.5 Å². The van der Waals surface area contributed by atoms with Crippen molar-refractivity contribution in [3.05, 3.63) is 16.0 Å². The number of carbonyl (C=O) groups excluding carboxylic acids is 1. The third-order valence-corrected chi connectivity index (χ3v) is 5.67. The largest absolute Gasteiger partial charge is 0.465 e. The first-order valence-corrected chi connectivity index (χ1v) is 8.81. The average Bonchev–Trinajstić information content (AvgIpc) is 2.67. The van der Waals surface area contributed by atoms with Crippen molar-refractivity contribution in [2.24, 2.45) is 0 Å². The van der Waals surface area contributed by atoms with Gasteiger partial charge in [0.05, 0.1) is 12.7 Å². The van der Waals surface area contributed by atoms with E-state index in [-0.39, 0.29) is 5.97 Å². The van der Waals surface area contributed by atoms with Crippen molar-refractivity contribution >= 4 is 22.3 Å². The molecule has 116 valence electrons. The van der Waals surface area contributed by atoms with Crippen molar-refractivity contribution in [2.75, 3.05) is 19.0 Å². The van der Waals surface area contributed by atoms with E-state index >= 15 is 0 Å². The molecular weight excluding hydrogens is 284 g/mol. The second-order valence-corrected chi connectivity index (χ2v) is 7.06. The fraction of sp³-hybridized carbons (Fsp3) is 0.688. The highest BCUT2D eigenvalue weighted by Gasteiger charge is 2.27. The van der Waals surface area contributed by atoms with Crippen LogP contribution in [0.3, 0.4) is 0 Å². The lowest BCUT2D eigenvalue weighted by Gasteiger charge is -2.17. The molecule has 0 spiro atoms. The zero-order chi connectivity index (χ0) is 14.7. The van der Waals surface area contributed by atoms with E-state index in [1.807, 2.05) is 0 Å². The highest BCUT2D eigenvalue weighted by Crippen LogP contribution is 2.37. The molecule has 0 atom stereocenters. The van der Waals surface area contributed by atoms with Crippen molar-refractivity contribution < 1.29 is 9.53 Å². The third kappa shape index (κ3) is 3.24. The van der Waals surface area contributed by atoms with Crippen LogP contribution in [0.5, 0.6) is 0 Å². The van der Waals surface area contributed by atoms with Gasteiger partial charge in [-0.3, -0.25) is 0 Å². The molecule has 2 N–H and O–H groups in total. The molecule has 1 aliphatic carbocycles. The Bertz CT molecular complexity index is 505. The molecule has 2 heterocycles. The van der Waals surface area contributed by atoms with Crippen LogP contribution < -0.4 is 10.6 Å². The quantitative estimate of drug-likeness (QED) is 0.664. The zero-order valence-corrected chi connectivity index (χ0v) is 13.5. The van der Waals surface area contributed by atoms with Gasteiger partial charge in [-0.05, 0) is 31.4 Å². The molecule has 1 aromatic heterocycles. The summed E-state index contributed by atoms with van der Waals surface area (Å²) in [5.41, 5.74) is 1.99. The Morgan fingerprint density at radius 1 is 1.29 bits per heavy atom. The second kappa shape index (κ2) is 6.79. The molecule has 0 unspecified atom stereocenters. The Kier molecular flexibility index (Phi) is 4.80. The minimum absolute atomic E-state index is 0.189. The number of methoxy groups -OCH3 is 1. The van der Waals surface area contributed by atoms with E-state index < -0.39 is 0 Å². The smallest absolute Gasteiger partial charge is 0.341 e. The summed E-state index contributed by atoms with van der Waals surface area (Å²) in [5.74, 6) is -0.189. The maximum atomic E-state index is 12.2. The lowest BCUT2D eigenvalue weighted by atomic mass is 10.0. The first-order valence-electron chi connectivity index (χ1n) is 7.99. The van der Waals surface area contributed by atoms with Crippen LogP contribution in [0.15, 0.2) is 0 Å². The highest BCUT2D eigenvalue weighted by atomic mass is 32.1. The van der Waals surface area contributed by atoms with Crippen molar-refractivity contribution in [3.63, 3.8) is 0 Å². The number of hydrogen-bond donors (Lipinski definition) is 2. The molecule has 1 fully saturated rings. The van der Waals surface area contributed by atoms with E-state index in [2.05, 4.69) is 10.6 Å². The number of esters is 1. The van der Waals surface area contributed by atoms with Crippen molar-refractivity contribution in [1.82, 2.24) is 5.32 Å². The summed E-state index contributed by atoms with van der Waals surface area (Å²) in [5, 5.41) is 8.06. The summed E-state index contributed by atoms with van der Waals surface area (Å²) < 4.78 is 5.02. The number of hydrogen-bond acceptors (Lipinski definition) is 5. The Morgan fingerprint density at radius 3 is 2.76 bits per heavy atom. The molecule has 2 aliphatic rings. The topological polar surface area (TPSA) is 50.4 Å². The van der Waals surface area contributed by atoms with Crippen LogP contribution in [-0.2, 0) is 17.7 Å². The van der Waals surface area contributed by atoms with Crippen LogP contribution in [0.25, 0.3) is 0 Å². The van der Waals surface area contributed by atoms with Gasteiger partial charge in [-0.1, -0.05) is 25.7 Å². The van der Waals surface area contributed by atoms with E-state index in [9.17, 15) is 4.79 Å². The number of ether oxygens (including phenoxy) is 1. The molecule has 0 amide bonds. The zero-order valence-electron chi connectivity index (χ0n) is 12.7. The molecule has 0 bridgehead atoms. The molecule has 4 nitrogen and oxygen atoms in total. The maximum Gasteiger partial charge on any atom is 0.341 e. The molecule has 3 rings (SSSR count). The van der Waals surface area contributed by atoms with E-state index in [0.717, 1.165) is 30.1 Å². The molecule has 0 saturated heterocycles. The number of thiophene rings is 1. The fourth-order valence-corrected chi connectivity index (χ4v) is 4.65. The minimum Gasteiger partial charge on any atom is -0.465 e. The van der Waals surface area contributed by atoms with E-state index in [4.69, 9.17) is 4.74 Å². The molecule has 1 aromatic rings. The summed E-state index contributed by atoms with van der Waals surface area (Å²) in [7, 11) is 1.48. The Labute approximate surface area is 130 Å². The molecule has 0 aromatic carbocycles. The van der Waals surface area contributed by atoms with Crippen molar-refractivity contribution in [3.8, 4) is 0 Å². The third-order valence-electron chi connectivity index (χ3n) is 4.51. The monoisotopic (exact) mass is 308 g/mol. The number of anilines is 1. The average molecular weight is 308 g/mol. The van der Waals surface area contributed by atoms with Crippen LogP contribution in [0, 0.1) is 0 Å². The number of rotatable bonds is 3. The lowest BCUT2D eigenvalue weighted by Crippen LogP contribution is -2.24. The standard InChI is InChI=1S/C16H24N2O2S/c1-20-16(19)14-12-8-9-17-10-13(12)21-15(14)18-11-6-4-2-3-5-7-11/h11,17-18H,2-10H2,1H3. The van der Waals surface area contributed by atoms with Gasteiger partial charge in [0.25, 0.3) is 0 Å². The van der Waals surface area contributed by atoms with Gasteiger partial charge in [-0.15, -0.1) is 11.3 Å². The Balaban J connectivity index is 1.86. The number of nitrogens with one attached hydrogen (secondary N) is 2. The lowest BCUT2D eigenvalue weighted by molar-refractivity contribution is 0.0601. The number of carbonyl (C=O) groups is 1. The first-order chi connectivity index (χ1) is 10.3. The molecule has 21 heavy (non-hydrogen) atoms. The Hall–Kier alpha value is -1.07. The molecule has 1 aliphatic heterocycles. The summed E-state index contributed by atoms with van der Waals surface area (Å²) in [6.07, 6.45) is 8.60. The van der Waals surface area contributed by atoms with Crippen LogP contribution in [0.4, 0.5) is 5.00 Å². The van der Waals surface area contributed by atoms with E-state index in [1.54, 1.807) is 11.3 Å². The maximum absolute atomic E-state index is 12.2. The van der Waals surface area contributed by atoms with E-state index in [0.29, 0.717) is 6.04 Å². The fourth-order valence-electron chi connectivity index (χ4n) is 3.36. The van der Waals surface area contributed by atoms with Gasteiger partial charge in [0.2, 0.25) is 0 Å². The summed E-state index contributed by atoms with van der Waals surface area (Å²) in [4.78, 5) is 13.5. The summed E-state index contributed by atoms with van der Waals surface area (Å²) in [6, 6.07) is 0.504. The van der Waals surface area contributed by atoms with Crippen LogP contribution in [-0.4, -0.2) is 25.7 Å². The molecule has 0 radical (unpaired) electrons.